The fourth-order valence-electron chi connectivity index (χ4n) is 4.52. The van der Waals surface area contributed by atoms with Crippen molar-refractivity contribution in [1.29, 1.82) is 0 Å². The molecule has 244 valence electrons. The number of aromatic nitrogens is 1. The van der Waals surface area contributed by atoms with Crippen LogP contribution >= 0.6 is 34.7 Å². The van der Waals surface area contributed by atoms with Crippen molar-refractivity contribution < 1.29 is 23.9 Å². The Bertz CT molecular complexity index is 1950. The molecule has 48 heavy (non-hydrogen) atoms. The van der Waals surface area contributed by atoms with Crippen LogP contribution in [-0.2, 0) is 9.59 Å². The highest BCUT2D eigenvalue weighted by Gasteiger charge is 2.19. The van der Waals surface area contributed by atoms with E-state index in [4.69, 9.17) is 21.1 Å². The predicted molar refractivity (Wildman–Crippen MR) is 193 cm³/mol. The van der Waals surface area contributed by atoms with Crippen molar-refractivity contribution in [2.24, 2.45) is 0 Å². The summed E-state index contributed by atoms with van der Waals surface area (Å²) in [5.41, 5.74) is 3.02. The number of hydrogen-bond acceptors (Lipinski definition) is 8. The summed E-state index contributed by atoms with van der Waals surface area (Å²) in [7, 11) is 3.01. The highest BCUT2D eigenvalue weighted by atomic mass is 35.5. The Hall–Kier alpha value is -5.10. The number of nitrogens with zero attached hydrogens (tertiary/aromatic N) is 1. The van der Waals surface area contributed by atoms with Crippen molar-refractivity contribution in [3.8, 4) is 22.8 Å². The van der Waals surface area contributed by atoms with E-state index < -0.39 is 17.1 Å². The summed E-state index contributed by atoms with van der Waals surface area (Å²) in [5.74, 6) is -0.350. The number of thioether (sulfide) groups is 1. The van der Waals surface area contributed by atoms with E-state index in [9.17, 15) is 14.4 Å². The van der Waals surface area contributed by atoms with Gasteiger partial charge in [0.15, 0.2) is 16.6 Å². The first-order valence-corrected chi connectivity index (χ1v) is 16.8. The minimum Gasteiger partial charge on any atom is -0.493 e. The molecule has 0 bridgehead atoms. The number of carbonyl (C=O) groups is 3. The van der Waals surface area contributed by atoms with Gasteiger partial charge in [-0.15, -0.1) is 23.1 Å². The molecule has 9 nitrogen and oxygen atoms in total. The zero-order valence-electron chi connectivity index (χ0n) is 26.2. The first kappa shape index (κ1) is 34.2. The zero-order valence-corrected chi connectivity index (χ0v) is 28.5. The van der Waals surface area contributed by atoms with Crippen molar-refractivity contribution in [2.45, 2.75) is 17.1 Å². The highest BCUT2D eigenvalue weighted by molar-refractivity contribution is 8.00. The Kier molecular flexibility index (Phi) is 11.5. The molecule has 0 aliphatic rings. The number of anilines is 2. The maximum Gasteiger partial charge on any atom is 0.272 e. The molecule has 1 unspecified atom stereocenters. The molecule has 5 rings (SSSR count). The predicted octanol–water partition coefficient (Wildman–Crippen LogP) is 8.01. The van der Waals surface area contributed by atoms with Gasteiger partial charge in [-0.05, 0) is 61.5 Å². The molecule has 0 spiro atoms. The summed E-state index contributed by atoms with van der Waals surface area (Å²) < 4.78 is 10.9. The average molecular weight is 699 g/mol. The molecule has 1 aromatic heterocycles. The first-order valence-electron chi connectivity index (χ1n) is 14.6. The second-order valence-corrected chi connectivity index (χ2v) is 12.9. The summed E-state index contributed by atoms with van der Waals surface area (Å²) >= 11 is 8.65. The first-order chi connectivity index (χ1) is 23.2. The number of ether oxygens (including phenoxy) is 2. The fourth-order valence-corrected chi connectivity index (χ4v) is 6.29. The zero-order chi connectivity index (χ0) is 34.0. The van der Waals surface area contributed by atoms with Crippen LogP contribution in [-0.4, -0.2) is 42.2 Å². The van der Waals surface area contributed by atoms with Gasteiger partial charge in [-0.1, -0.05) is 60.1 Å². The van der Waals surface area contributed by atoms with Gasteiger partial charge >= 0.3 is 0 Å². The lowest BCUT2D eigenvalue weighted by atomic mass is 10.1. The Morgan fingerprint density at radius 3 is 2.38 bits per heavy atom. The molecule has 0 radical (unpaired) electrons. The molecular weight excluding hydrogens is 668 g/mol. The third-order valence-corrected chi connectivity index (χ3v) is 9.01. The van der Waals surface area contributed by atoms with E-state index in [2.05, 4.69) is 20.9 Å². The fraction of sp³-hybridized carbons (Fsp3) is 0.111. The van der Waals surface area contributed by atoms with Gasteiger partial charge in [-0.25, -0.2) is 4.98 Å². The summed E-state index contributed by atoms with van der Waals surface area (Å²) in [6.07, 6.45) is 1.53. The number of thiazole rings is 1. The van der Waals surface area contributed by atoms with Crippen LogP contribution in [0.3, 0.4) is 0 Å². The lowest BCUT2D eigenvalue weighted by molar-refractivity contribution is -0.115. The minimum absolute atomic E-state index is 0.0115. The minimum atomic E-state index is -0.558. The second kappa shape index (κ2) is 16.1. The van der Waals surface area contributed by atoms with Crippen molar-refractivity contribution in [2.75, 3.05) is 24.9 Å². The van der Waals surface area contributed by atoms with Crippen molar-refractivity contribution >= 4 is 69.3 Å². The molecule has 1 atom stereocenters. The van der Waals surface area contributed by atoms with E-state index in [0.717, 1.165) is 16.2 Å². The topological polar surface area (TPSA) is 119 Å². The summed E-state index contributed by atoms with van der Waals surface area (Å²) in [4.78, 5) is 45.1. The summed E-state index contributed by atoms with van der Waals surface area (Å²) in [5, 5.41) is 11.0. The molecule has 0 saturated heterocycles. The Morgan fingerprint density at radius 1 is 0.896 bits per heavy atom. The molecule has 0 aliphatic carbocycles. The molecule has 0 saturated carbocycles. The molecule has 0 fully saturated rings. The second-order valence-electron chi connectivity index (χ2n) is 10.2. The SMILES string of the molecule is COc1cccc(/C=C(/NC(=O)c2ccccc2)C(=O)Nc2cccc(SC(C)C(=O)Nc3nc(-c4ccc(Cl)cc4)cs3)c2)c1OC. The van der Waals surface area contributed by atoms with E-state index >= 15 is 0 Å². The van der Waals surface area contributed by atoms with Gasteiger partial charge in [-0.2, -0.15) is 0 Å². The number of amides is 3. The maximum absolute atomic E-state index is 13.7. The molecule has 3 amide bonds. The molecule has 5 aromatic rings. The van der Waals surface area contributed by atoms with Gasteiger partial charge in [0, 0.05) is 37.7 Å². The molecule has 0 aliphatic heterocycles. The van der Waals surface area contributed by atoms with Gasteiger partial charge in [0.25, 0.3) is 11.8 Å². The third kappa shape index (κ3) is 8.82. The van der Waals surface area contributed by atoms with Crippen LogP contribution in [0, 0.1) is 0 Å². The lowest BCUT2D eigenvalue weighted by Gasteiger charge is -2.15. The van der Waals surface area contributed by atoms with E-state index in [0.29, 0.717) is 38.5 Å². The molecule has 4 aromatic carbocycles. The van der Waals surface area contributed by atoms with E-state index in [1.165, 1.54) is 43.4 Å². The van der Waals surface area contributed by atoms with Gasteiger partial charge < -0.3 is 25.4 Å². The summed E-state index contributed by atoms with van der Waals surface area (Å²) in [6, 6.07) is 28.3. The lowest BCUT2D eigenvalue weighted by Crippen LogP contribution is -2.30. The molecular formula is C36H31ClN4O5S2. The average Bonchev–Trinajstić information content (AvgIpc) is 3.56. The number of halogens is 1. The van der Waals surface area contributed by atoms with E-state index in [1.54, 1.807) is 85.8 Å². The number of benzene rings is 4. The van der Waals surface area contributed by atoms with Crippen LogP contribution in [0.25, 0.3) is 17.3 Å². The van der Waals surface area contributed by atoms with Crippen molar-refractivity contribution in [1.82, 2.24) is 10.3 Å². The smallest absolute Gasteiger partial charge is 0.272 e. The number of para-hydroxylation sites is 1. The Balaban J connectivity index is 1.29. The van der Waals surface area contributed by atoms with Crippen LogP contribution in [0.4, 0.5) is 10.8 Å². The van der Waals surface area contributed by atoms with Crippen LogP contribution in [0.15, 0.2) is 113 Å². The van der Waals surface area contributed by atoms with Crippen LogP contribution in [0.2, 0.25) is 5.02 Å². The molecule has 3 N–H and O–H groups in total. The quantitative estimate of drug-likeness (QED) is 0.0892. The molecule has 12 heteroatoms. The third-order valence-electron chi connectivity index (χ3n) is 6.91. The van der Waals surface area contributed by atoms with Gasteiger partial charge in [0.1, 0.15) is 5.70 Å². The van der Waals surface area contributed by atoms with Gasteiger partial charge in [-0.3, -0.25) is 14.4 Å². The van der Waals surface area contributed by atoms with Crippen LogP contribution in [0.1, 0.15) is 22.8 Å². The number of methoxy groups -OCH3 is 2. The number of nitrogens with one attached hydrogen (secondary N) is 3. The normalized spacial score (nSPS) is 11.7. The van der Waals surface area contributed by atoms with Crippen molar-refractivity contribution in [3.05, 3.63) is 124 Å². The standard InChI is InChI=1S/C36H31ClN4O5S2/c1-22(33(42)41-36-40-30(21-47-36)23-15-17-26(37)18-16-23)48-28-13-8-12-27(20-28)38-35(44)29(39-34(43)24-9-5-4-6-10-24)19-25-11-7-14-31(45-2)32(25)46-3/h4-22H,1-3H3,(H,38,44)(H,39,43)(H,40,41,42)/b29-19+. The van der Waals surface area contributed by atoms with Gasteiger partial charge in [0.05, 0.1) is 25.2 Å². The monoisotopic (exact) mass is 698 g/mol. The largest absolute Gasteiger partial charge is 0.493 e. The Labute approximate surface area is 291 Å². The number of carbonyl (C=O) groups excluding carboxylic acids is 3. The van der Waals surface area contributed by atoms with Gasteiger partial charge in [0.2, 0.25) is 5.91 Å². The maximum atomic E-state index is 13.7. The summed E-state index contributed by atoms with van der Waals surface area (Å²) in [6.45, 7) is 1.79. The van der Waals surface area contributed by atoms with E-state index in [-0.39, 0.29) is 11.6 Å². The van der Waals surface area contributed by atoms with Crippen LogP contribution < -0.4 is 25.4 Å². The van der Waals surface area contributed by atoms with E-state index in [1.807, 2.05) is 23.6 Å². The van der Waals surface area contributed by atoms with Crippen LogP contribution in [0.5, 0.6) is 11.5 Å². The van der Waals surface area contributed by atoms with Crippen molar-refractivity contribution in [3.63, 3.8) is 0 Å². The number of hydrogen-bond donors (Lipinski definition) is 3. The molecule has 1 heterocycles. The Morgan fingerprint density at radius 2 is 1.65 bits per heavy atom. The highest BCUT2D eigenvalue weighted by Crippen LogP contribution is 2.33. The number of rotatable bonds is 12.